The Morgan fingerprint density at radius 1 is 1.07 bits per heavy atom. The van der Waals surface area contributed by atoms with Crippen LogP contribution >= 0.6 is 23.2 Å². The number of hydrogen-bond acceptors (Lipinski definition) is 4. The highest BCUT2D eigenvalue weighted by Crippen LogP contribution is 2.25. The maximum atomic E-state index is 12.5. The molecule has 0 saturated heterocycles. The lowest BCUT2D eigenvalue weighted by Gasteiger charge is -2.08. The molecule has 0 radical (unpaired) electrons. The lowest BCUT2D eigenvalue weighted by molar-refractivity contribution is 0.600. The number of rotatable bonds is 6. The van der Waals surface area contributed by atoms with Crippen LogP contribution in [0.5, 0.6) is 0 Å². The number of benzene rings is 2. The van der Waals surface area contributed by atoms with Crippen molar-refractivity contribution in [2.24, 2.45) is 0 Å². The number of hydrogen-bond donors (Lipinski definition) is 1. The monoisotopic (exact) mass is 424 g/mol. The van der Waals surface area contributed by atoms with E-state index in [1.54, 1.807) is 42.5 Å². The summed E-state index contributed by atoms with van der Waals surface area (Å²) in [5.74, 6) is 0.301. The Hall–Kier alpha value is -2.09. The van der Waals surface area contributed by atoms with Crippen LogP contribution in [0.15, 0.2) is 53.7 Å². The fourth-order valence-electron chi connectivity index (χ4n) is 2.47. The molecule has 3 rings (SSSR count). The van der Waals surface area contributed by atoms with Gasteiger partial charge in [-0.3, -0.25) is 0 Å². The quantitative estimate of drug-likeness (QED) is 0.628. The van der Waals surface area contributed by atoms with Gasteiger partial charge in [0.1, 0.15) is 6.33 Å². The topological polar surface area (TPSA) is 76.9 Å². The number of halogens is 2. The van der Waals surface area contributed by atoms with E-state index in [1.807, 2.05) is 13.8 Å². The van der Waals surface area contributed by atoms with E-state index in [1.165, 1.54) is 11.0 Å². The number of nitrogens with one attached hydrogen (secondary N) is 1. The first-order valence-electron chi connectivity index (χ1n) is 8.21. The first-order chi connectivity index (χ1) is 12.8. The number of aromatic nitrogens is 3. The second-order valence-corrected chi connectivity index (χ2v) is 8.79. The van der Waals surface area contributed by atoms with Crippen molar-refractivity contribution in [3.05, 3.63) is 70.0 Å². The summed E-state index contributed by atoms with van der Waals surface area (Å²) in [5.41, 5.74) is 1.75. The Labute approximate surface area is 168 Å². The van der Waals surface area contributed by atoms with Crippen LogP contribution in [0.2, 0.25) is 10.0 Å². The zero-order chi connectivity index (χ0) is 19.6. The van der Waals surface area contributed by atoms with Crippen molar-refractivity contribution >= 4 is 39.2 Å². The molecule has 1 N–H and O–H groups in total. The van der Waals surface area contributed by atoms with E-state index in [0.717, 1.165) is 5.56 Å². The van der Waals surface area contributed by atoms with Crippen LogP contribution < -0.4 is 4.72 Å². The van der Waals surface area contributed by atoms with Crippen LogP contribution in [0.4, 0.5) is 5.95 Å². The molecule has 6 nitrogen and oxygen atoms in total. The van der Waals surface area contributed by atoms with Gasteiger partial charge < -0.3 is 0 Å². The van der Waals surface area contributed by atoms with Crippen molar-refractivity contribution in [1.29, 1.82) is 0 Å². The molecule has 1 heterocycles. The largest absolute Gasteiger partial charge is 0.264 e. The second kappa shape index (κ2) is 7.88. The van der Waals surface area contributed by atoms with Gasteiger partial charge in [0.25, 0.3) is 16.0 Å². The molecule has 0 aliphatic heterocycles. The van der Waals surface area contributed by atoms with E-state index in [2.05, 4.69) is 14.8 Å². The smallest absolute Gasteiger partial charge is 0.246 e. The molecule has 0 bridgehead atoms. The van der Waals surface area contributed by atoms with Crippen molar-refractivity contribution in [3.8, 4) is 0 Å². The maximum absolute atomic E-state index is 12.5. The Morgan fingerprint density at radius 2 is 1.70 bits per heavy atom. The number of nitrogens with zero attached hydrogens (tertiary/aromatic N) is 3. The lowest BCUT2D eigenvalue weighted by atomic mass is 10.0. The summed E-state index contributed by atoms with van der Waals surface area (Å²) in [6.07, 6.45) is 1.42. The van der Waals surface area contributed by atoms with Crippen molar-refractivity contribution in [2.45, 2.75) is 31.2 Å². The average molecular weight is 425 g/mol. The summed E-state index contributed by atoms with van der Waals surface area (Å²) in [6, 6.07) is 11.9. The van der Waals surface area contributed by atoms with Crippen LogP contribution in [-0.4, -0.2) is 23.2 Å². The fourth-order valence-corrected chi connectivity index (χ4v) is 3.94. The minimum atomic E-state index is -3.77. The van der Waals surface area contributed by atoms with E-state index in [4.69, 9.17) is 23.2 Å². The summed E-state index contributed by atoms with van der Waals surface area (Å²) in [7, 11) is -3.77. The van der Waals surface area contributed by atoms with Gasteiger partial charge in [-0.05, 0) is 35.7 Å². The second-order valence-electron chi connectivity index (χ2n) is 6.30. The Morgan fingerprint density at radius 3 is 2.30 bits per heavy atom. The van der Waals surface area contributed by atoms with Crippen molar-refractivity contribution in [2.75, 3.05) is 4.72 Å². The molecule has 27 heavy (non-hydrogen) atoms. The summed E-state index contributed by atoms with van der Waals surface area (Å²) in [5, 5.41) is 5.15. The van der Waals surface area contributed by atoms with Crippen molar-refractivity contribution in [1.82, 2.24) is 14.8 Å². The van der Waals surface area contributed by atoms with Gasteiger partial charge in [0.05, 0.1) is 11.4 Å². The highest BCUT2D eigenvalue weighted by molar-refractivity contribution is 7.92. The van der Waals surface area contributed by atoms with Gasteiger partial charge in [-0.25, -0.2) is 17.8 Å². The Balaban J connectivity index is 1.76. The lowest BCUT2D eigenvalue weighted by Crippen LogP contribution is -2.14. The third-order valence-corrected chi connectivity index (χ3v) is 6.05. The van der Waals surface area contributed by atoms with Crippen LogP contribution in [0.3, 0.4) is 0 Å². The molecule has 3 aromatic rings. The van der Waals surface area contributed by atoms with Crippen molar-refractivity contribution in [3.63, 3.8) is 0 Å². The maximum Gasteiger partial charge on any atom is 0.264 e. The number of anilines is 1. The molecule has 0 atom stereocenters. The Bertz CT molecular complexity index is 1030. The fraction of sp³-hybridized carbons (Fsp3) is 0.222. The minimum Gasteiger partial charge on any atom is -0.246 e. The molecule has 142 valence electrons. The molecule has 1 aromatic heterocycles. The van der Waals surface area contributed by atoms with Gasteiger partial charge in [-0.1, -0.05) is 55.2 Å². The summed E-state index contributed by atoms with van der Waals surface area (Å²) in [6.45, 7) is 4.36. The molecule has 2 aromatic carbocycles. The Kier molecular flexibility index (Phi) is 5.74. The first-order valence-corrected chi connectivity index (χ1v) is 10.5. The van der Waals surface area contributed by atoms with Crippen molar-refractivity contribution < 1.29 is 8.42 Å². The van der Waals surface area contributed by atoms with Gasteiger partial charge in [-0.15, -0.1) is 5.10 Å². The molecular weight excluding hydrogens is 407 g/mol. The van der Waals surface area contributed by atoms with E-state index >= 15 is 0 Å². The summed E-state index contributed by atoms with van der Waals surface area (Å²) < 4.78 is 28.9. The summed E-state index contributed by atoms with van der Waals surface area (Å²) >= 11 is 12.3. The van der Waals surface area contributed by atoms with Gasteiger partial charge >= 0.3 is 0 Å². The van der Waals surface area contributed by atoms with E-state index < -0.39 is 10.0 Å². The summed E-state index contributed by atoms with van der Waals surface area (Å²) in [4.78, 5) is 4.15. The molecular formula is C18H18Cl2N4O2S. The average Bonchev–Trinajstić information content (AvgIpc) is 3.05. The van der Waals surface area contributed by atoms with Crippen LogP contribution in [0.25, 0.3) is 0 Å². The standard InChI is InChI=1S/C18H18Cl2N4O2S/c1-12(2)13-6-8-14(9-7-13)27(25,26)23-18-21-11-24(22-18)10-15-16(19)4-3-5-17(15)20/h3-9,11-12H,10H2,1-2H3,(H,22,23). The SMILES string of the molecule is CC(C)c1ccc(S(=O)(=O)Nc2ncn(Cc3c(Cl)cccc3Cl)n2)cc1. The zero-order valence-corrected chi connectivity index (χ0v) is 17.1. The van der Waals surface area contributed by atoms with Gasteiger partial charge in [-0.2, -0.15) is 4.98 Å². The van der Waals surface area contributed by atoms with E-state index in [9.17, 15) is 8.42 Å². The number of sulfonamides is 1. The predicted octanol–water partition coefficient (Wildman–Crippen LogP) is 4.56. The third kappa shape index (κ3) is 4.61. The highest BCUT2D eigenvalue weighted by atomic mass is 35.5. The van der Waals surface area contributed by atoms with Gasteiger partial charge in [0.2, 0.25) is 0 Å². The van der Waals surface area contributed by atoms with Crippen LogP contribution in [0.1, 0.15) is 30.9 Å². The van der Waals surface area contributed by atoms with E-state index in [-0.39, 0.29) is 17.4 Å². The highest BCUT2D eigenvalue weighted by Gasteiger charge is 2.17. The zero-order valence-electron chi connectivity index (χ0n) is 14.7. The minimum absolute atomic E-state index is 0.0221. The van der Waals surface area contributed by atoms with E-state index in [0.29, 0.717) is 21.5 Å². The molecule has 0 amide bonds. The molecule has 0 aliphatic rings. The van der Waals surface area contributed by atoms with Crippen LogP contribution in [0, 0.1) is 0 Å². The molecule has 0 aliphatic carbocycles. The first kappa shape index (κ1) is 19.7. The molecule has 0 unspecified atom stereocenters. The van der Waals surface area contributed by atoms with Gasteiger partial charge in [0.15, 0.2) is 0 Å². The normalized spacial score (nSPS) is 11.7. The third-order valence-electron chi connectivity index (χ3n) is 4.00. The molecule has 0 fully saturated rings. The molecule has 0 spiro atoms. The molecule has 0 saturated carbocycles. The molecule has 9 heteroatoms. The van der Waals surface area contributed by atoms with Gasteiger partial charge in [0, 0.05) is 15.6 Å². The van der Waals surface area contributed by atoms with Crippen LogP contribution in [-0.2, 0) is 16.6 Å². The predicted molar refractivity (Wildman–Crippen MR) is 107 cm³/mol.